The van der Waals surface area contributed by atoms with Crippen LogP contribution in [0.3, 0.4) is 0 Å². The molecule has 0 fully saturated rings. The predicted molar refractivity (Wildman–Crippen MR) is 99.3 cm³/mol. The highest BCUT2D eigenvalue weighted by Crippen LogP contribution is 2.19. The molecule has 4 rings (SSSR count). The van der Waals surface area contributed by atoms with Crippen molar-refractivity contribution in [3.05, 3.63) is 78.4 Å². The largest absolute Gasteiger partial charge is 0.378 e. The summed E-state index contributed by atoms with van der Waals surface area (Å²) < 4.78 is 5.31. The van der Waals surface area contributed by atoms with Crippen LogP contribution in [-0.4, -0.2) is 20.1 Å². The van der Waals surface area contributed by atoms with Gasteiger partial charge < -0.3 is 9.84 Å². The van der Waals surface area contributed by atoms with Gasteiger partial charge in [-0.15, -0.1) is 0 Å². The Morgan fingerprint density at radius 3 is 2.46 bits per heavy atom. The molecule has 26 heavy (non-hydrogen) atoms. The van der Waals surface area contributed by atoms with Crippen molar-refractivity contribution in [2.24, 2.45) is 0 Å². The zero-order chi connectivity index (χ0) is 17.8. The van der Waals surface area contributed by atoms with Crippen molar-refractivity contribution in [1.29, 1.82) is 0 Å². The van der Waals surface area contributed by atoms with Gasteiger partial charge in [0.2, 0.25) is 0 Å². The molecule has 2 heterocycles. The summed E-state index contributed by atoms with van der Waals surface area (Å²) in [4.78, 5) is 13.1. The van der Waals surface area contributed by atoms with Crippen LogP contribution in [0.25, 0.3) is 22.8 Å². The van der Waals surface area contributed by atoms with Gasteiger partial charge in [0.1, 0.15) is 0 Å². The Morgan fingerprint density at radius 2 is 1.69 bits per heavy atom. The lowest BCUT2D eigenvalue weighted by Gasteiger charge is -2.05. The number of aromatic nitrogens is 4. The average Bonchev–Trinajstić information content (AvgIpc) is 3.17. The Kier molecular flexibility index (Phi) is 4.38. The van der Waals surface area contributed by atoms with Gasteiger partial charge in [-0.3, -0.25) is 0 Å². The molecule has 0 saturated heterocycles. The normalized spacial score (nSPS) is 10.7. The second-order valence-corrected chi connectivity index (χ2v) is 5.83. The Bertz CT molecular complexity index is 996. The Morgan fingerprint density at radius 1 is 0.885 bits per heavy atom. The maximum atomic E-state index is 5.31. The van der Waals surface area contributed by atoms with Gasteiger partial charge in [-0.05, 0) is 49.4 Å². The molecule has 0 unspecified atom stereocenters. The van der Waals surface area contributed by atoms with E-state index in [1.165, 1.54) is 0 Å². The number of aryl methyl sites for hydroxylation is 1. The van der Waals surface area contributed by atoms with Crippen LogP contribution < -0.4 is 5.32 Å². The molecule has 128 valence electrons. The van der Waals surface area contributed by atoms with Crippen LogP contribution >= 0.6 is 0 Å². The van der Waals surface area contributed by atoms with E-state index in [0.717, 1.165) is 28.3 Å². The third-order valence-corrected chi connectivity index (χ3v) is 3.88. The summed E-state index contributed by atoms with van der Waals surface area (Å²) in [6.07, 6.45) is 1.77. The molecule has 0 radical (unpaired) electrons. The average molecular weight is 343 g/mol. The van der Waals surface area contributed by atoms with Crippen LogP contribution in [0.2, 0.25) is 0 Å². The summed E-state index contributed by atoms with van der Waals surface area (Å²) in [5.41, 5.74) is 3.80. The van der Waals surface area contributed by atoms with Crippen molar-refractivity contribution < 1.29 is 4.52 Å². The SMILES string of the molecule is Cc1ccnc(-c2ccc(NCc3noc(-c4ccccc4)n3)cc2)n1. The van der Waals surface area contributed by atoms with Gasteiger partial charge in [-0.1, -0.05) is 23.4 Å². The first-order chi connectivity index (χ1) is 12.8. The number of benzene rings is 2. The van der Waals surface area contributed by atoms with Crippen molar-refractivity contribution in [2.75, 3.05) is 5.32 Å². The van der Waals surface area contributed by atoms with E-state index in [-0.39, 0.29) is 0 Å². The number of anilines is 1. The molecule has 0 aliphatic rings. The molecule has 0 aliphatic heterocycles. The number of hydrogen-bond acceptors (Lipinski definition) is 6. The molecule has 0 amide bonds. The van der Waals surface area contributed by atoms with Crippen LogP contribution in [0.5, 0.6) is 0 Å². The molecule has 1 N–H and O–H groups in total. The van der Waals surface area contributed by atoms with Crippen molar-refractivity contribution in [1.82, 2.24) is 20.1 Å². The van der Waals surface area contributed by atoms with Crippen LogP contribution in [0.1, 0.15) is 11.5 Å². The summed E-state index contributed by atoms with van der Waals surface area (Å²) in [5.74, 6) is 1.85. The first-order valence-corrected chi connectivity index (χ1v) is 8.30. The zero-order valence-corrected chi connectivity index (χ0v) is 14.3. The third-order valence-electron chi connectivity index (χ3n) is 3.88. The van der Waals surface area contributed by atoms with Gasteiger partial charge in [0.25, 0.3) is 5.89 Å². The second-order valence-electron chi connectivity index (χ2n) is 5.83. The Labute approximate surface area is 151 Å². The van der Waals surface area contributed by atoms with Crippen LogP contribution in [0.4, 0.5) is 5.69 Å². The highest BCUT2D eigenvalue weighted by molar-refractivity contribution is 5.59. The number of nitrogens with zero attached hydrogens (tertiary/aromatic N) is 4. The quantitative estimate of drug-likeness (QED) is 0.587. The van der Waals surface area contributed by atoms with Gasteiger partial charge in [0.05, 0.1) is 6.54 Å². The summed E-state index contributed by atoms with van der Waals surface area (Å²) in [7, 11) is 0. The van der Waals surface area contributed by atoms with Crippen LogP contribution in [0.15, 0.2) is 71.4 Å². The molecule has 4 aromatic rings. The fourth-order valence-corrected chi connectivity index (χ4v) is 2.53. The van der Waals surface area contributed by atoms with Crippen molar-refractivity contribution in [3.63, 3.8) is 0 Å². The minimum Gasteiger partial charge on any atom is -0.378 e. The standard InChI is InChI=1S/C20H17N5O/c1-14-11-12-21-19(23-14)15-7-9-17(10-8-15)22-13-18-24-20(26-25-18)16-5-3-2-4-6-16/h2-12,22H,13H2,1H3. The summed E-state index contributed by atoms with van der Waals surface area (Å²) >= 11 is 0. The minimum atomic E-state index is 0.483. The van der Waals surface area contributed by atoms with E-state index >= 15 is 0 Å². The van der Waals surface area contributed by atoms with Gasteiger partial charge in [0.15, 0.2) is 11.6 Å². The molecule has 6 nitrogen and oxygen atoms in total. The molecule has 2 aromatic heterocycles. The van der Waals surface area contributed by atoms with E-state index in [1.54, 1.807) is 6.20 Å². The predicted octanol–water partition coefficient (Wildman–Crippen LogP) is 4.11. The van der Waals surface area contributed by atoms with Gasteiger partial charge in [-0.2, -0.15) is 4.98 Å². The lowest BCUT2D eigenvalue weighted by Crippen LogP contribution is -2.01. The number of hydrogen-bond donors (Lipinski definition) is 1. The fraction of sp³-hybridized carbons (Fsp3) is 0.100. The molecular weight excluding hydrogens is 326 g/mol. The smallest absolute Gasteiger partial charge is 0.257 e. The van der Waals surface area contributed by atoms with Crippen molar-refractivity contribution >= 4 is 5.69 Å². The lowest BCUT2D eigenvalue weighted by atomic mass is 10.2. The second kappa shape index (κ2) is 7.14. The minimum absolute atomic E-state index is 0.483. The molecule has 0 spiro atoms. The molecular formula is C20H17N5O. The van der Waals surface area contributed by atoms with Gasteiger partial charge >= 0.3 is 0 Å². The van der Waals surface area contributed by atoms with Crippen molar-refractivity contribution in [3.8, 4) is 22.8 Å². The molecule has 0 bridgehead atoms. The van der Waals surface area contributed by atoms with E-state index in [2.05, 4.69) is 25.4 Å². The van der Waals surface area contributed by atoms with E-state index < -0.39 is 0 Å². The van der Waals surface area contributed by atoms with Gasteiger partial charge in [0, 0.05) is 28.7 Å². The molecule has 6 heteroatoms. The monoisotopic (exact) mass is 343 g/mol. The third kappa shape index (κ3) is 3.59. The Balaban J connectivity index is 1.42. The maximum Gasteiger partial charge on any atom is 0.257 e. The molecule has 0 atom stereocenters. The van der Waals surface area contributed by atoms with Crippen LogP contribution in [-0.2, 0) is 6.54 Å². The Hall–Kier alpha value is -3.54. The topological polar surface area (TPSA) is 76.7 Å². The maximum absolute atomic E-state index is 5.31. The number of rotatable bonds is 5. The summed E-state index contributed by atoms with van der Waals surface area (Å²) in [6.45, 7) is 2.44. The van der Waals surface area contributed by atoms with Crippen LogP contribution in [0, 0.1) is 6.92 Å². The highest BCUT2D eigenvalue weighted by Gasteiger charge is 2.08. The summed E-state index contributed by atoms with van der Waals surface area (Å²) in [5, 5.41) is 7.30. The highest BCUT2D eigenvalue weighted by atomic mass is 16.5. The molecule has 0 aliphatic carbocycles. The zero-order valence-electron chi connectivity index (χ0n) is 14.3. The fourth-order valence-electron chi connectivity index (χ4n) is 2.53. The van der Waals surface area contributed by atoms with E-state index in [4.69, 9.17) is 4.52 Å². The molecule has 2 aromatic carbocycles. The summed E-state index contributed by atoms with van der Waals surface area (Å²) in [6, 6.07) is 19.5. The molecule has 0 saturated carbocycles. The first-order valence-electron chi connectivity index (χ1n) is 8.30. The number of nitrogens with one attached hydrogen (secondary N) is 1. The van der Waals surface area contributed by atoms with E-state index in [9.17, 15) is 0 Å². The lowest BCUT2D eigenvalue weighted by molar-refractivity contribution is 0.423. The van der Waals surface area contributed by atoms with Gasteiger partial charge in [-0.25, -0.2) is 9.97 Å². The van der Waals surface area contributed by atoms with E-state index in [0.29, 0.717) is 18.3 Å². The van der Waals surface area contributed by atoms with E-state index in [1.807, 2.05) is 67.6 Å². The first kappa shape index (κ1) is 16.0. The van der Waals surface area contributed by atoms with Crippen molar-refractivity contribution in [2.45, 2.75) is 13.5 Å².